The number of rotatable bonds is 3. The molecule has 0 radical (unpaired) electrons. The molecule has 0 fully saturated rings. The van der Waals surface area contributed by atoms with Crippen molar-refractivity contribution in [3.05, 3.63) is 23.8 Å². The minimum atomic E-state index is -2.28. The van der Waals surface area contributed by atoms with Gasteiger partial charge in [0, 0.05) is 8.30 Å². The summed E-state index contributed by atoms with van der Waals surface area (Å²) in [7, 11) is 0. The maximum atomic E-state index is 12.2. The third-order valence-corrected chi connectivity index (χ3v) is 2.07. The summed E-state index contributed by atoms with van der Waals surface area (Å²) in [4.78, 5) is 12.2. The van der Waals surface area contributed by atoms with Crippen LogP contribution in [0.2, 0.25) is 0 Å². The predicted octanol–water partition coefficient (Wildman–Crippen LogP) is 1.21. The van der Waals surface area contributed by atoms with E-state index >= 15 is 0 Å². The molecule has 1 heterocycles. The number of carbonyl (C=O) groups excluding carboxylic acids is 1. The van der Waals surface area contributed by atoms with Crippen molar-refractivity contribution >= 4 is 5.78 Å². The maximum Gasteiger partial charge on any atom is 0.231 e. The highest BCUT2D eigenvalue weighted by Gasteiger charge is 2.18. The zero-order valence-corrected chi connectivity index (χ0v) is 8.03. The van der Waals surface area contributed by atoms with Crippen LogP contribution in [0.4, 0.5) is 0 Å². The van der Waals surface area contributed by atoms with Gasteiger partial charge in [0.2, 0.25) is 6.75 Å². The molecule has 0 aromatic heterocycles. The molecule has 1 atom stereocenters. The van der Waals surface area contributed by atoms with Gasteiger partial charge in [0.05, 0.1) is 7.39 Å². The second kappa shape index (κ2) is 3.90. The average Bonchev–Trinajstić information content (AvgIpc) is 2.58. The molecular formula is C11H13NO3. The van der Waals surface area contributed by atoms with Gasteiger partial charge in [-0.15, -0.1) is 0 Å². The van der Waals surface area contributed by atoms with Crippen LogP contribution in [0.1, 0.15) is 24.1 Å². The van der Waals surface area contributed by atoms with Crippen molar-refractivity contribution in [3.63, 3.8) is 0 Å². The summed E-state index contributed by atoms with van der Waals surface area (Å²) in [5.74, 6) is -0.407. The van der Waals surface area contributed by atoms with Gasteiger partial charge < -0.3 is 14.8 Å². The number of nitrogens with one attached hydrogen (secondary N) is 1. The SMILES string of the molecule is [2H]C([2H])N[C@@]([2H])(C)C(=O)c1ccc2c(c1)OC([2H])([2H])O2. The molecule has 15 heavy (non-hydrogen) atoms. The number of ether oxygens (including phenoxy) is 2. The van der Waals surface area contributed by atoms with Gasteiger partial charge in [-0.25, -0.2) is 0 Å². The number of hydrogen-bond donors (Lipinski definition) is 1. The molecule has 0 amide bonds. The second-order valence-corrected chi connectivity index (χ2v) is 3.05. The molecule has 1 N–H and O–H groups in total. The molecule has 4 heteroatoms. The molecule has 0 aliphatic carbocycles. The molecule has 1 aliphatic rings. The number of fused-ring (bicyclic) bond motifs is 1. The number of hydrogen-bond acceptors (Lipinski definition) is 4. The molecule has 1 aromatic carbocycles. The van der Waals surface area contributed by atoms with Crippen LogP contribution in [0.15, 0.2) is 18.2 Å². The summed E-state index contributed by atoms with van der Waals surface area (Å²) >= 11 is 0. The zero-order chi connectivity index (χ0) is 15.1. The predicted molar refractivity (Wildman–Crippen MR) is 55.4 cm³/mol. The Morgan fingerprint density at radius 3 is 3.27 bits per heavy atom. The van der Waals surface area contributed by atoms with E-state index in [1.54, 1.807) is 0 Å². The summed E-state index contributed by atoms with van der Waals surface area (Å²) in [5, 5.41) is 2.21. The fourth-order valence-corrected chi connectivity index (χ4v) is 1.21. The highest BCUT2D eigenvalue weighted by atomic mass is 16.7. The third kappa shape index (κ3) is 1.80. The van der Waals surface area contributed by atoms with Crippen molar-refractivity contribution in [3.8, 4) is 11.5 Å². The molecule has 0 unspecified atom stereocenters. The highest BCUT2D eigenvalue weighted by molar-refractivity contribution is 6.00. The Morgan fingerprint density at radius 1 is 1.67 bits per heavy atom. The van der Waals surface area contributed by atoms with E-state index in [9.17, 15) is 4.79 Å². The van der Waals surface area contributed by atoms with Crippen molar-refractivity contribution in [1.29, 1.82) is 0 Å². The van der Waals surface area contributed by atoms with Crippen molar-refractivity contribution in [2.45, 2.75) is 12.9 Å². The molecule has 0 spiro atoms. The number of carbonyl (C=O) groups is 1. The first-order valence-electron chi connectivity index (χ1n) is 6.95. The Kier molecular flexibility index (Phi) is 1.43. The first kappa shape index (κ1) is 5.51. The van der Waals surface area contributed by atoms with E-state index in [1.807, 2.05) is 0 Å². The summed E-state index contributed by atoms with van der Waals surface area (Å²) < 4.78 is 46.3. The Balaban J connectivity index is 2.26. The van der Waals surface area contributed by atoms with E-state index in [0.717, 1.165) is 0 Å². The van der Waals surface area contributed by atoms with Crippen LogP contribution in [0, 0.1) is 0 Å². The van der Waals surface area contributed by atoms with E-state index in [4.69, 9.17) is 16.3 Å². The molecule has 0 saturated carbocycles. The standard InChI is InChI=1S/C11H13NO3/c1-7(12-2)11(13)8-3-4-9-10(5-8)15-6-14-9/h3-5,7,12H,6H2,1-2H3/t7-/m0/s1/i2D2,6D2,7D. The number of Topliss-reactive ketones (excluding diaryl/α,β-unsaturated/α-hetero) is 1. The van der Waals surface area contributed by atoms with Crippen molar-refractivity contribution in [2.75, 3.05) is 13.7 Å². The molecule has 4 nitrogen and oxygen atoms in total. The van der Waals surface area contributed by atoms with Crippen molar-refractivity contribution in [2.24, 2.45) is 0 Å². The fourth-order valence-electron chi connectivity index (χ4n) is 1.21. The zero-order valence-electron chi connectivity index (χ0n) is 13.0. The quantitative estimate of drug-likeness (QED) is 0.765. The average molecular weight is 212 g/mol. The van der Waals surface area contributed by atoms with Gasteiger partial charge in [0.15, 0.2) is 17.3 Å². The van der Waals surface area contributed by atoms with Crippen LogP contribution in [0.5, 0.6) is 11.5 Å². The molecular weight excluding hydrogens is 194 g/mol. The molecule has 0 saturated heterocycles. The van der Waals surface area contributed by atoms with E-state index in [0.29, 0.717) is 0 Å². The minimum absolute atomic E-state index is 0.0740. The van der Waals surface area contributed by atoms with Gasteiger partial charge >= 0.3 is 0 Å². The normalized spacial score (nSPS) is 25.6. The van der Waals surface area contributed by atoms with Crippen molar-refractivity contribution < 1.29 is 21.1 Å². The van der Waals surface area contributed by atoms with Gasteiger partial charge in [-0.2, -0.15) is 0 Å². The van der Waals surface area contributed by atoms with Crippen LogP contribution < -0.4 is 14.8 Å². The smallest absolute Gasteiger partial charge is 0.231 e. The maximum absolute atomic E-state index is 12.2. The lowest BCUT2D eigenvalue weighted by molar-refractivity contribution is 0.0954. The van der Waals surface area contributed by atoms with Crippen LogP contribution in [-0.2, 0) is 0 Å². The van der Waals surface area contributed by atoms with Gasteiger partial charge in [0.25, 0.3) is 0 Å². The van der Waals surface area contributed by atoms with Crippen LogP contribution in [0.3, 0.4) is 0 Å². The summed E-state index contributed by atoms with van der Waals surface area (Å²) in [5.41, 5.74) is 0.107. The largest absolute Gasteiger partial charge is 0.454 e. The fraction of sp³-hybridized carbons (Fsp3) is 0.364. The van der Waals surface area contributed by atoms with Crippen molar-refractivity contribution in [1.82, 2.24) is 5.32 Å². The van der Waals surface area contributed by atoms with E-state index < -0.39 is 25.5 Å². The summed E-state index contributed by atoms with van der Waals surface area (Å²) in [6.45, 7) is -2.54. The Hall–Kier alpha value is -1.55. The van der Waals surface area contributed by atoms with E-state index in [2.05, 4.69) is 5.32 Å². The Morgan fingerprint density at radius 2 is 2.47 bits per heavy atom. The van der Waals surface area contributed by atoms with E-state index in [-0.39, 0.29) is 17.1 Å². The van der Waals surface area contributed by atoms with Gasteiger partial charge in [-0.3, -0.25) is 4.79 Å². The minimum Gasteiger partial charge on any atom is -0.454 e. The summed E-state index contributed by atoms with van der Waals surface area (Å²) in [6, 6.07) is 2.20. The number of benzene rings is 1. The molecule has 1 aromatic rings. The molecule has 2 rings (SSSR count). The second-order valence-electron chi connectivity index (χ2n) is 3.05. The lowest BCUT2D eigenvalue weighted by Gasteiger charge is -2.09. The topological polar surface area (TPSA) is 47.6 Å². The van der Waals surface area contributed by atoms with E-state index in [1.165, 1.54) is 25.1 Å². The molecule has 80 valence electrons. The lowest BCUT2D eigenvalue weighted by Crippen LogP contribution is -2.30. The first-order valence-corrected chi connectivity index (χ1v) is 4.30. The first-order chi connectivity index (χ1) is 9.11. The molecule has 1 aliphatic heterocycles. The van der Waals surface area contributed by atoms with Crippen LogP contribution in [-0.4, -0.2) is 25.5 Å². The van der Waals surface area contributed by atoms with Crippen LogP contribution in [0.25, 0.3) is 0 Å². The van der Waals surface area contributed by atoms with Gasteiger partial charge in [-0.1, -0.05) is 0 Å². The Labute approximate surface area is 95.2 Å². The molecule has 0 bridgehead atoms. The van der Waals surface area contributed by atoms with Gasteiger partial charge in [0.1, 0.15) is 2.74 Å². The lowest BCUT2D eigenvalue weighted by atomic mass is 10.1. The highest BCUT2D eigenvalue weighted by Crippen LogP contribution is 2.32. The number of likely N-dealkylation sites (N-methyl/N-ethyl adjacent to an activating group) is 1. The van der Waals surface area contributed by atoms with Gasteiger partial charge in [-0.05, 0) is 32.1 Å². The Bertz CT molecular complexity index is 547. The third-order valence-electron chi connectivity index (χ3n) is 2.07. The number of ketones is 1. The summed E-state index contributed by atoms with van der Waals surface area (Å²) in [6.07, 6.45) is 0. The monoisotopic (exact) mass is 212 g/mol. The van der Waals surface area contributed by atoms with Crippen LogP contribution >= 0.6 is 0 Å².